The van der Waals surface area contributed by atoms with Crippen LogP contribution in [-0.4, -0.2) is 47.8 Å². The monoisotopic (exact) mass is 382 g/mol. The highest BCUT2D eigenvalue weighted by atomic mass is 32.2. The number of aromatic nitrogens is 2. The Balaban J connectivity index is 1.49. The highest BCUT2D eigenvalue weighted by molar-refractivity contribution is 7.91. The summed E-state index contributed by atoms with van der Waals surface area (Å²) in [7, 11) is -3.48. The second-order valence-electron chi connectivity index (χ2n) is 6.08. The molecule has 1 unspecified atom stereocenters. The van der Waals surface area contributed by atoms with Gasteiger partial charge in [-0.05, 0) is 30.7 Å². The summed E-state index contributed by atoms with van der Waals surface area (Å²) in [6, 6.07) is 3.34. The molecule has 0 bridgehead atoms. The van der Waals surface area contributed by atoms with Crippen LogP contribution in [0, 0.1) is 5.92 Å². The second-order valence-corrected chi connectivity index (χ2v) is 9.19. The van der Waals surface area contributed by atoms with Crippen LogP contribution in [0.1, 0.15) is 19.3 Å². The molecule has 25 heavy (non-hydrogen) atoms. The fourth-order valence-electron chi connectivity index (χ4n) is 2.95. The molecule has 0 aromatic carbocycles. The molecule has 1 amide bonds. The molecule has 2 aromatic rings. The average molecular weight is 383 g/mol. The molecule has 1 aliphatic rings. The summed E-state index contributed by atoms with van der Waals surface area (Å²) >= 11 is 1.21. The van der Waals surface area contributed by atoms with Crippen molar-refractivity contribution in [1.82, 2.24) is 19.2 Å². The summed E-state index contributed by atoms with van der Waals surface area (Å²) in [6.45, 7) is 2.10. The predicted octanol–water partition coefficient (Wildman–Crippen LogP) is 1.55. The van der Waals surface area contributed by atoms with E-state index in [9.17, 15) is 13.2 Å². The third-order valence-electron chi connectivity index (χ3n) is 4.30. The number of piperidine rings is 1. The number of hydrogen-bond donors (Lipinski definition) is 1. The van der Waals surface area contributed by atoms with Gasteiger partial charge in [0.25, 0.3) is 10.0 Å². The Kier molecular flexibility index (Phi) is 5.87. The van der Waals surface area contributed by atoms with Gasteiger partial charge in [0, 0.05) is 38.6 Å². The number of hydrogen-bond acceptors (Lipinski definition) is 5. The maximum absolute atomic E-state index is 12.6. The number of thiophene rings is 1. The fourth-order valence-corrected chi connectivity index (χ4v) is 5.62. The largest absolute Gasteiger partial charge is 0.356 e. The van der Waals surface area contributed by atoms with Crippen LogP contribution in [0.5, 0.6) is 0 Å². The zero-order valence-electron chi connectivity index (χ0n) is 13.9. The molecular formula is C16H22N4O3S2. The van der Waals surface area contributed by atoms with Crippen molar-refractivity contribution in [3.63, 3.8) is 0 Å². The van der Waals surface area contributed by atoms with Gasteiger partial charge in [0.2, 0.25) is 5.91 Å². The maximum Gasteiger partial charge on any atom is 0.252 e. The van der Waals surface area contributed by atoms with E-state index in [-0.39, 0.29) is 18.4 Å². The van der Waals surface area contributed by atoms with Crippen molar-refractivity contribution in [2.75, 3.05) is 19.6 Å². The van der Waals surface area contributed by atoms with Gasteiger partial charge in [-0.3, -0.25) is 4.79 Å². The Hall–Kier alpha value is -1.71. The summed E-state index contributed by atoms with van der Waals surface area (Å²) in [4.78, 5) is 16.3. The summed E-state index contributed by atoms with van der Waals surface area (Å²) in [5, 5.41) is 4.68. The Morgan fingerprint density at radius 3 is 3.04 bits per heavy atom. The van der Waals surface area contributed by atoms with Crippen molar-refractivity contribution in [2.45, 2.75) is 30.0 Å². The quantitative estimate of drug-likeness (QED) is 0.737. The molecule has 0 radical (unpaired) electrons. The molecule has 9 heteroatoms. The molecule has 1 atom stereocenters. The first-order chi connectivity index (χ1) is 12.1. The Morgan fingerprint density at radius 1 is 1.44 bits per heavy atom. The van der Waals surface area contributed by atoms with Crippen LogP contribution in [0.4, 0.5) is 0 Å². The standard InChI is InChI=1S/C16H22N4O3S2/c21-16(18-6-3-8-19-10-7-17-13-19)14-4-1-9-20(12-14)25(22,23)15-5-2-11-24-15/h2,5,7,10-11,13-14H,1,3-4,6,8-9,12H2,(H,18,21). The van der Waals surface area contributed by atoms with Crippen LogP contribution in [0.3, 0.4) is 0 Å². The Labute approximate surface area is 151 Å². The number of amides is 1. The van der Waals surface area contributed by atoms with Gasteiger partial charge in [-0.1, -0.05) is 6.07 Å². The lowest BCUT2D eigenvalue weighted by Crippen LogP contribution is -2.45. The van der Waals surface area contributed by atoms with Crippen LogP contribution in [0.2, 0.25) is 0 Å². The van der Waals surface area contributed by atoms with Gasteiger partial charge < -0.3 is 9.88 Å². The zero-order chi connectivity index (χ0) is 17.7. The number of carbonyl (C=O) groups excluding carboxylic acids is 1. The van der Waals surface area contributed by atoms with E-state index < -0.39 is 10.0 Å². The molecule has 2 aromatic heterocycles. The van der Waals surface area contributed by atoms with Crippen LogP contribution in [0.25, 0.3) is 0 Å². The molecule has 0 saturated carbocycles. The van der Waals surface area contributed by atoms with Crippen molar-refractivity contribution in [1.29, 1.82) is 0 Å². The van der Waals surface area contributed by atoms with E-state index in [2.05, 4.69) is 10.3 Å². The minimum absolute atomic E-state index is 0.0586. The van der Waals surface area contributed by atoms with Gasteiger partial charge >= 0.3 is 0 Å². The summed E-state index contributed by atoms with van der Waals surface area (Å²) in [5.74, 6) is -0.339. The number of aryl methyl sites for hydroxylation is 1. The molecule has 1 saturated heterocycles. The van der Waals surface area contributed by atoms with Crippen molar-refractivity contribution in [3.05, 3.63) is 36.2 Å². The fraction of sp³-hybridized carbons (Fsp3) is 0.500. The van der Waals surface area contributed by atoms with Crippen molar-refractivity contribution >= 4 is 27.3 Å². The molecule has 3 heterocycles. The third-order valence-corrected chi connectivity index (χ3v) is 7.53. The van der Waals surface area contributed by atoms with E-state index in [4.69, 9.17) is 0 Å². The summed E-state index contributed by atoms with van der Waals surface area (Å²) in [6.07, 6.45) is 7.60. The first-order valence-corrected chi connectivity index (χ1v) is 10.7. The molecule has 0 spiro atoms. The molecule has 7 nitrogen and oxygen atoms in total. The van der Waals surface area contributed by atoms with Crippen molar-refractivity contribution in [3.8, 4) is 0 Å². The van der Waals surface area contributed by atoms with E-state index in [1.54, 1.807) is 30.0 Å². The molecule has 1 fully saturated rings. The van der Waals surface area contributed by atoms with Gasteiger partial charge in [-0.2, -0.15) is 4.31 Å². The Morgan fingerprint density at radius 2 is 2.32 bits per heavy atom. The molecule has 1 aliphatic heterocycles. The number of carbonyl (C=O) groups is 1. The van der Waals surface area contributed by atoms with E-state index in [1.807, 2.05) is 10.8 Å². The first kappa shape index (κ1) is 18.1. The minimum atomic E-state index is -3.48. The summed E-state index contributed by atoms with van der Waals surface area (Å²) < 4.78 is 29.0. The number of nitrogens with zero attached hydrogens (tertiary/aromatic N) is 3. The van der Waals surface area contributed by atoms with Crippen LogP contribution in [-0.2, 0) is 21.4 Å². The van der Waals surface area contributed by atoms with Crippen LogP contribution in [0.15, 0.2) is 40.4 Å². The molecular weight excluding hydrogens is 360 g/mol. The lowest BCUT2D eigenvalue weighted by Gasteiger charge is -2.30. The smallest absolute Gasteiger partial charge is 0.252 e. The van der Waals surface area contributed by atoms with Gasteiger partial charge in [0.05, 0.1) is 12.2 Å². The minimum Gasteiger partial charge on any atom is -0.356 e. The third kappa shape index (κ3) is 4.47. The molecule has 136 valence electrons. The van der Waals surface area contributed by atoms with E-state index >= 15 is 0 Å². The number of sulfonamides is 1. The normalized spacial score (nSPS) is 19.0. The predicted molar refractivity (Wildman–Crippen MR) is 95.7 cm³/mol. The van der Waals surface area contributed by atoms with E-state index in [1.165, 1.54) is 15.6 Å². The second kappa shape index (κ2) is 8.11. The Bertz CT molecular complexity index is 772. The van der Waals surface area contributed by atoms with Gasteiger partial charge in [0.1, 0.15) is 4.21 Å². The highest BCUT2D eigenvalue weighted by Crippen LogP contribution is 2.26. The van der Waals surface area contributed by atoms with E-state index in [0.717, 1.165) is 19.4 Å². The molecule has 3 rings (SSSR count). The van der Waals surface area contributed by atoms with Gasteiger partial charge in [-0.15, -0.1) is 11.3 Å². The van der Waals surface area contributed by atoms with Crippen LogP contribution >= 0.6 is 11.3 Å². The SMILES string of the molecule is O=C(NCCCn1ccnc1)C1CCCN(S(=O)(=O)c2cccs2)C1. The van der Waals surface area contributed by atoms with Crippen LogP contribution < -0.4 is 5.32 Å². The van der Waals surface area contributed by atoms with Crippen molar-refractivity contribution in [2.24, 2.45) is 5.92 Å². The molecule has 0 aliphatic carbocycles. The zero-order valence-corrected chi connectivity index (χ0v) is 15.5. The lowest BCUT2D eigenvalue weighted by atomic mass is 9.99. The number of imidazole rings is 1. The van der Waals surface area contributed by atoms with Crippen molar-refractivity contribution < 1.29 is 13.2 Å². The average Bonchev–Trinajstić information content (AvgIpc) is 3.32. The highest BCUT2D eigenvalue weighted by Gasteiger charge is 2.33. The van der Waals surface area contributed by atoms with Gasteiger partial charge in [0.15, 0.2) is 0 Å². The number of rotatable bonds is 7. The van der Waals surface area contributed by atoms with E-state index in [0.29, 0.717) is 23.7 Å². The number of nitrogens with one attached hydrogen (secondary N) is 1. The van der Waals surface area contributed by atoms with Gasteiger partial charge in [-0.25, -0.2) is 13.4 Å². The lowest BCUT2D eigenvalue weighted by molar-refractivity contribution is -0.126. The maximum atomic E-state index is 12.6. The summed E-state index contributed by atoms with van der Waals surface area (Å²) in [5.41, 5.74) is 0. The topological polar surface area (TPSA) is 84.3 Å². The molecule has 1 N–H and O–H groups in total. The first-order valence-electron chi connectivity index (χ1n) is 8.34.